The minimum atomic E-state index is -0.567. The van der Waals surface area contributed by atoms with Gasteiger partial charge in [0.25, 0.3) is 0 Å². The lowest BCUT2D eigenvalue weighted by atomic mass is 10.1. The molecule has 2 amide bonds. The summed E-state index contributed by atoms with van der Waals surface area (Å²) in [7, 11) is 1.72. The van der Waals surface area contributed by atoms with Crippen molar-refractivity contribution >= 4 is 102 Å². The van der Waals surface area contributed by atoms with Crippen LogP contribution in [-0.4, -0.2) is 103 Å². The van der Waals surface area contributed by atoms with E-state index in [4.69, 9.17) is 32.7 Å². The number of piperidine rings is 2. The molecule has 8 rings (SSSR count). The Labute approximate surface area is 364 Å². The maximum Gasteiger partial charge on any atom is 0.410 e. The number of likely N-dealkylation sites (tertiary alicyclic amines) is 2. The smallest absolute Gasteiger partial charge is 0.410 e. The first-order chi connectivity index (χ1) is 27.9. The highest BCUT2D eigenvalue weighted by Gasteiger charge is 2.33. The van der Waals surface area contributed by atoms with E-state index in [1.54, 1.807) is 67.2 Å². The second kappa shape index (κ2) is 17.6. The Bertz CT molecular complexity index is 2640. The van der Waals surface area contributed by atoms with Gasteiger partial charge < -0.3 is 24.3 Å². The van der Waals surface area contributed by atoms with Gasteiger partial charge in [-0.3, -0.25) is 23.7 Å². The zero-order chi connectivity index (χ0) is 43.0. The lowest BCUT2D eigenvalue weighted by Crippen LogP contribution is -2.45. The van der Waals surface area contributed by atoms with Gasteiger partial charge in [-0.25, -0.2) is 29.1 Å². The summed E-state index contributed by atoms with van der Waals surface area (Å²) in [5.41, 5.74) is 3.58. The summed E-state index contributed by atoms with van der Waals surface area (Å²) in [6.07, 6.45) is 5.70. The van der Waals surface area contributed by atoms with Crippen molar-refractivity contribution in [1.82, 2.24) is 48.4 Å². The van der Waals surface area contributed by atoms with Crippen LogP contribution in [0.1, 0.15) is 79.3 Å². The van der Waals surface area contributed by atoms with E-state index in [1.165, 1.54) is 0 Å². The van der Waals surface area contributed by atoms with Gasteiger partial charge in [-0.2, -0.15) is 0 Å². The first kappa shape index (κ1) is 44.1. The number of rotatable bonds is 2. The molecule has 0 bridgehead atoms. The summed E-state index contributed by atoms with van der Waals surface area (Å²) in [6.45, 7) is 13.1. The van der Waals surface area contributed by atoms with E-state index in [2.05, 4.69) is 47.5 Å². The second-order valence-corrected chi connectivity index (χ2v) is 17.2. The average Bonchev–Trinajstić information content (AvgIpc) is 3.66. The first-order valence-corrected chi connectivity index (χ1v) is 22.2. The summed E-state index contributed by atoms with van der Waals surface area (Å²) in [6, 6.07) is 6.55. The molecular weight excluding hydrogens is 914 g/mol. The number of hydrogen-bond donors (Lipinski definition) is 1. The Morgan fingerprint density at radius 3 is 1.73 bits per heavy atom. The standard InChI is InChI=1S/C20H24ClN5O3.C19H22ClN5O3.CH3I/c1-20(2,3)29-19(28)25-9-5-6-12(11-25)26-17-14(24(4)18(26)27)10-22-13-7-8-15(21)23-16(13)17;1-19(2,3)28-18(27)24-8-4-5-11(10-24)25-16-13(22-17(25)26)9-21-12-6-7-14(20)23-15(12)16;1-2/h7-8,10,12H,5-6,9,11H2,1-4H3;6-7,9,11H,4-5,8,10H2,1-3H3,(H,22,26);1H3. The van der Waals surface area contributed by atoms with Crippen LogP contribution < -0.4 is 11.4 Å². The molecule has 59 heavy (non-hydrogen) atoms. The van der Waals surface area contributed by atoms with E-state index in [0.29, 0.717) is 80.6 Å². The van der Waals surface area contributed by atoms with Crippen LogP contribution in [0.5, 0.6) is 0 Å². The zero-order valence-corrected chi connectivity index (χ0v) is 38.1. The molecule has 0 spiro atoms. The van der Waals surface area contributed by atoms with E-state index in [-0.39, 0.29) is 35.6 Å². The number of nitrogens with one attached hydrogen (secondary N) is 1. The predicted octanol–water partition coefficient (Wildman–Crippen LogP) is 8.06. The summed E-state index contributed by atoms with van der Waals surface area (Å²) >= 11 is 14.4. The van der Waals surface area contributed by atoms with Crippen molar-refractivity contribution in [2.45, 2.75) is 90.5 Å². The maximum atomic E-state index is 13.1. The molecule has 2 atom stereocenters. The third kappa shape index (κ3) is 9.62. The number of nitrogens with zero attached hydrogens (tertiary/aromatic N) is 9. The minimum Gasteiger partial charge on any atom is -0.444 e. The predicted molar refractivity (Wildman–Crippen MR) is 238 cm³/mol. The van der Waals surface area contributed by atoms with Gasteiger partial charge in [0.05, 0.1) is 57.6 Å². The number of aromatic amines is 1. The van der Waals surface area contributed by atoms with Crippen molar-refractivity contribution in [1.29, 1.82) is 0 Å². The molecule has 2 aliphatic rings. The Kier molecular flexibility index (Phi) is 13.2. The van der Waals surface area contributed by atoms with Gasteiger partial charge in [0, 0.05) is 33.2 Å². The van der Waals surface area contributed by atoms with Crippen molar-refractivity contribution in [2.24, 2.45) is 7.05 Å². The van der Waals surface area contributed by atoms with Crippen LogP contribution in [0.25, 0.3) is 44.1 Å². The summed E-state index contributed by atoms with van der Waals surface area (Å²) in [4.78, 5) is 76.7. The number of carbonyl (C=O) groups is 2. The van der Waals surface area contributed by atoms with Crippen molar-refractivity contribution in [2.75, 3.05) is 31.1 Å². The van der Waals surface area contributed by atoms with Gasteiger partial charge in [0.1, 0.15) is 32.5 Å². The number of ether oxygens (including phenoxy) is 2. The van der Waals surface area contributed by atoms with E-state index in [0.717, 1.165) is 25.7 Å². The maximum absolute atomic E-state index is 13.1. The summed E-state index contributed by atoms with van der Waals surface area (Å²) < 4.78 is 16.0. The quantitative estimate of drug-likeness (QED) is 0.102. The van der Waals surface area contributed by atoms with Crippen LogP contribution in [0, 0.1) is 0 Å². The topological polar surface area (TPSA) is 175 Å². The second-order valence-electron chi connectivity index (χ2n) is 16.5. The highest BCUT2D eigenvalue weighted by Crippen LogP contribution is 2.31. The molecule has 316 valence electrons. The fraction of sp³-hybridized carbons (Fsp3) is 0.500. The molecule has 2 aliphatic heterocycles. The van der Waals surface area contributed by atoms with Gasteiger partial charge in [0.2, 0.25) is 0 Å². The van der Waals surface area contributed by atoms with Crippen LogP contribution in [0.2, 0.25) is 10.3 Å². The molecule has 1 N–H and O–H groups in total. The van der Waals surface area contributed by atoms with Crippen LogP contribution in [0.15, 0.2) is 46.2 Å². The molecule has 16 nitrogen and oxygen atoms in total. The number of aromatic nitrogens is 8. The molecule has 6 aromatic heterocycles. The Morgan fingerprint density at radius 2 is 1.22 bits per heavy atom. The number of halogens is 3. The molecule has 2 saturated heterocycles. The Hall–Kier alpha value is -4.49. The fourth-order valence-corrected chi connectivity index (χ4v) is 7.80. The third-order valence-corrected chi connectivity index (χ3v) is 10.3. The molecule has 0 aromatic carbocycles. The third-order valence-electron chi connectivity index (χ3n) is 9.91. The Balaban J connectivity index is 0.000000191. The molecule has 6 aromatic rings. The molecule has 0 radical (unpaired) electrons. The zero-order valence-electron chi connectivity index (χ0n) is 34.4. The number of fused-ring (bicyclic) bond motifs is 6. The van der Waals surface area contributed by atoms with Crippen molar-refractivity contribution in [3.63, 3.8) is 0 Å². The molecule has 0 aliphatic carbocycles. The van der Waals surface area contributed by atoms with Crippen molar-refractivity contribution in [3.8, 4) is 0 Å². The normalized spacial score (nSPS) is 17.4. The van der Waals surface area contributed by atoms with Crippen molar-refractivity contribution in [3.05, 3.63) is 67.9 Å². The van der Waals surface area contributed by atoms with E-state index in [9.17, 15) is 19.2 Å². The molecule has 8 heterocycles. The number of alkyl halides is 1. The van der Waals surface area contributed by atoms with Gasteiger partial charge in [-0.1, -0.05) is 45.8 Å². The fourth-order valence-electron chi connectivity index (χ4n) is 7.51. The number of amides is 2. The number of carbonyl (C=O) groups excluding carboxylic acids is 2. The highest BCUT2D eigenvalue weighted by molar-refractivity contribution is 14.1. The molecule has 2 unspecified atom stereocenters. The van der Waals surface area contributed by atoms with Crippen molar-refractivity contribution < 1.29 is 19.1 Å². The first-order valence-electron chi connectivity index (χ1n) is 19.3. The summed E-state index contributed by atoms with van der Waals surface area (Å²) in [5.74, 6) is 0. The summed E-state index contributed by atoms with van der Waals surface area (Å²) in [5, 5.41) is 0.676. The lowest BCUT2D eigenvalue weighted by molar-refractivity contribution is 0.0163. The largest absolute Gasteiger partial charge is 0.444 e. The van der Waals surface area contributed by atoms with Crippen LogP contribution in [0.3, 0.4) is 0 Å². The number of H-pyrrole nitrogens is 1. The van der Waals surface area contributed by atoms with Crippen LogP contribution in [-0.2, 0) is 16.5 Å². The van der Waals surface area contributed by atoms with E-state index >= 15 is 0 Å². The van der Waals surface area contributed by atoms with Gasteiger partial charge in [-0.05, 0) is 96.4 Å². The number of aryl methyl sites for hydroxylation is 1. The molecule has 2 fully saturated rings. The van der Waals surface area contributed by atoms with Gasteiger partial charge in [0.15, 0.2) is 0 Å². The molecule has 19 heteroatoms. The van der Waals surface area contributed by atoms with Gasteiger partial charge >= 0.3 is 23.6 Å². The van der Waals surface area contributed by atoms with Crippen LogP contribution in [0.4, 0.5) is 9.59 Å². The highest BCUT2D eigenvalue weighted by atomic mass is 127. The molecular formula is C40H49Cl2IN10O6. The minimum absolute atomic E-state index is 0.160. The average molecular weight is 964 g/mol. The number of pyridine rings is 4. The van der Waals surface area contributed by atoms with Gasteiger partial charge in [-0.15, -0.1) is 0 Å². The number of hydrogen-bond acceptors (Lipinski definition) is 10. The lowest BCUT2D eigenvalue weighted by Gasteiger charge is -2.34. The number of imidazole rings is 2. The monoisotopic (exact) mass is 962 g/mol. The van der Waals surface area contributed by atoms with E-state index < -0.39 is 11.2 Å². The SMILES string of the molecule is CC(C)(C)OC(=O)N1CCCC(n2c(=O)[nH]c3cnc4ccc(Cl)nc4c32)C1.CI.Cn1c(=O)n(C2CCCN(C(=O)OC(C)(C)C)C2)c2c3nc(Cl)ccc3ncc21. The Morgan fingerprint density at radius 1 is 0.746 bits per heavy atom. The molecule has 0 saturated carbocycles. The van der Waals surface area contributed by atoms with Crippen LogP contribution >= 0.6 is 45.8 Å². The van der Waals surface area contributed by atoms with E-state index in [1.807, 2.05) is 46.5 Å².